The van der Waals surface area contributed by atoms with Crippen molar-refractivity contribution < 1.29 is 0 Å². The summed E-state index contributed by atoms with van der Waals surface area (Å²) in [6, 6.07) is 9.12. The van der Waals surface area contributed by atoms with Crippen molar-refractivity contribution in [1.29, 1.82) is 0 Å². The van der Waals surface area contributed by atoms with Gasteiger partial charge in [-0.05, 0) is 55.8 Å². The highest BCUT2D eigenvalue weighted by molar-refractivity contribution is 9.10. The van der Waals surface area contributed by atoms with Crippen LogP contribution in [0.5, 0.6) is 0 Å². The summed E-state index contributed by atoms with van der Waals surface area (Å²) in [6.07, 6.45) is 9.59. The summed E-state index contributed by atoms with van der Waals surface area (Å²) in [5.41, 5.74) is 1.39. The summed E-state index contributed by atoms with van der Waals surface area (Å²) in [5, 5.41) is 3.73. The van der Waals surface area contributed by atoms with E-state index < -0.39 is 0 Å². The van der Waals surface area contributed by atoms with Gasteiger partial charge in [-0.1, -0.05) is 47.1 Å². The van der Waals surface area contributed by atoms with Crippen molar-refractivity contribution in [2.45, 2.75) is 38.6 Å². The zero-order valence-corrected chi connectivity index (χ0v) is 12.6. The van der Waals surface area contributed by atoms with Gasteiger partial charge in [0.05, 0.1) is 0 Å². The van der Waals surface area contributed by atoms with Crippen LogP contribution >= 0.6 is 15.9 Å². The quantitative estimate of drug-likeness (QED) is 0.767. The minimum atomic E-state index is 0.480. The topological polar surface area (TPSA) is 12.0 Å². The largest absolute Gasteiger partial charge is 0.310 e. The summed E-state index contributed by atoms with van der Waals surface area (Å²) in [6.45, 7) is 3.38. The van der Waals surface area contributed by atoms with E-state index in [1.165, 1.54) is 29.3 Å². The lowest BCUT2D eigenvalue weighted by atomic mass is 9.93. The molecule has 0 amide bonds. The second kappa shape index (κ2) is 7.10. The number of rotatable bonds is 5. The molecule has 0 aliphatic heterocycles. The van der Waals surface area contributed by atoms with Crippen LogP contribution in [0.3, 0.4) is 0 Å². The molecule has 1 N–H and O–H groups in total. The van der Waals surface area contributed by atoms with Gasteiger partial charge in [0.25, 0.3) is 0 Å². The molecule has 18 heavy (non-hydrogen) atoms. The van der Waals surface area contributed by atoms with E-state index in [2.05, 4.69) is 64.6 Å². The molecule has 0 heterocycles. The van der Waals surface area contributed by atoms with Crippen LogP contribution in [0.2, 0.25) is 0 Å². The Morgan fingerprint density at radius 3 is 2.94 bits per heavy atom. The van der Waals surface area contributed by atoms with Gasteiger partial charge in [0.1, 0.15) is 0 Å². The first kappa shape index (κ1) is 13.8. The SMILES string of the molecule is CCC(NCC1CC=CCC1)c1cccc(Br)c1. The predicted octanol–water partition coefficient (Wildman–Crippen LogP) is 4.85. The van der Waals surface area contributed by atoms with E-state index in [9.17, 15) is 0 Å². The fraction of sp³-hybridized carbons (Fsp3) is 0.500. The van der Waals surface area contributed by atoms with Crippen molar-refractivity contribution in [2.24, 2.45) is 5.92 Å². The first-order valence-electron chi connectivity index (χ1n) is 6.93. The summed E-state index contributed by atoms with van der Waals surface area (Å²) in [7, 11) is 0. The third kappa shape index (κ3) is 3.96. The molecule has 0 fully saturated rings. The molecule has 2 rings (SSSR count). The van der Waals surface area contributed by atoms with Crippen LogP contribution in [0, 0.1) is 5.92 Å². The van der Waals surface area contributed by atoms with Crippen LogP contribution in [-0.4, -0.2) is 6.54 Å². The highest BCUT2D eigenvalue weighted by atomic mass is 79.9. The maximum absolute atomic E-state index is 3.73. The number of hydrogen-bond donors (Lipinski definition) is 1. The van der Waals surface area contributed by atoms with Gasteiger partial charge < -0.3 is 5.32 Å². The first-order valence-corrected chi connectivity index (χ1v) is 7.72. The molecule has 0 radical (unpaired) electrons. The number of hydrogen-bond acceptors (Lipinski definition) is 1. The maximum Gasteiger partial charge on any atom is 0.0318 e. The monoisotopic (exact) mass is 307 g/mol. The Morgan fingerprint density at radius 1 is 1.39 bits per heavy atom. The van der Waals surface area contributed by atoms with E-state index >= 15 is 0 Å². The van der Waals surface area contributed by atoms with Gasteiger partial charge in [-0.15, -0.1) is 0 Å². The van der Waals surface area contributed by atoms with E-state index in [1.54, 1.807) is 0 Å². The number of halogens is 1. The third-order valence-corrected chi connectivity index (χ3v) is 4.18. The zero-order valence-electron chi connectivity index (χ0n) is 11.0. The highest BCUT2D eigenvalue weighted by Crippen LogP contribution is 2.23. The molecule has 1 aliphatic rings. The minimum Gasteiger partial charge on any atom is -0.310 e. The smallest absolute Gasteiger partial charge is 0.0318 e. The lowest BCUT2D eigenvalue weighted by Crippen LogP contribution is -2.27. The Kier molecular flexibility index (Phi) is 5.45. The molecule has 0 aromatic heterocycles. The van der Waals surface area contributed by atoms with Gasteiger partial charge in [-0.25, -0.2) is 0 Å². The molecule has 1 nitrogen and oxygen atoms in total. The van der Waals surface area contributed by atoms with E-state index in [0.29, 0.717) is 6.04 Å². The van der Waals surface area contributed by atoms with Gasteiger partial charge in [0, 0.05) is 10.5 Å². The summed E-state index contributed by atoms with van der Waals surface area (Å²) < 4.78 is 1.17. The molecular formula is C16H22BrN. The number of benzene rings is 1. The van der Waals surface area contributed by atoms with Gasteiger partial charge in [-0.2, -0.15) is 0 Å². The maximum atomic E-state index is 3.73. The van der Waals surface area contributed by atoms with Gasteiger partial charge in [0.15, 0.2) is 0 Å². The van der Waals surface area contributed by atoms with Crippen molar-refractivity contribution in [1.82, 2.24) is 5.32 Å². The first-order chi connectivity index (χ1) is 8.79. The molecule has 98 valence electrons. The molecular weight excluding hydrogens is 286 g/mol. The molecule has 1 aromatic carbocycles. The second-order valence-corrected chi connectivity index (χ2v) is 5.99. The molecule has 0 saturated heterocycles. The van der Waals surface area contributed by atoms with Crippen molar-refractivity contribution >= 4 is 15.9 Å². The van der Waals surface area contributed by atoms with Crippen LogP contribution < -0.4 is 5.32 Å². The Bertz CT molecular complexity index is 400. The Balaban J connectivity index is 1.91. The molecule has 2 unspecified atom stereocenters. The fourth-order valence-corrected chi connectivity index (χ4v) is 2.99. The fourth-order valence-electron chi connectivity index (χ4n) is 2.57. The molecule has 0 saturated carbocycles. The molecule has 0 bridgehead atoms. The lowest BCUT2D eigenvalue weighted by molar-refractivity contribution is 0.401. The van der Waals surface area contributed by atoms with Crippen LogP contribution in [0.4, 0.5) is 0 Å². The van der Waals surface area contributed by atoms with Gasteiger partial charge in [0.2, 0.25) is 0 Å². The van der Waals surface area contributed by atoms with Gasteiger partial charge >= 0.3 is 0 Å². The molecule has 1 aliphatic carbocycles. The average Bonchev–Trinajstić information content (AvgIpc) is 2.41. The third-order valence-electron chi connectivity index (χ3n) is 3.69. The normalized spacial score (nSPS) is 20.9. The Morgan fingerprint density at radius 2 is 2.28 bits per heavy atom. The van der Waals surface area contributed by atoms with Crippen LogP contribution in [0.1, 0.15) is 44.2 Å². The van der Waals surface area contributed by atoms with E-state index in [0.717, 1.165) is 18.9 Å². The predicted molar refractivity (Wildman–Crippen MR) is 81.7 cm³/mol. The summed E-state index contributed by atoms with van der Waals surface area (Å²) in [4.78, 5) is 0. The van der Waals surface area contributed by atoms with Crippen LogP contribution in [0.25, 0.3) is 0 Å². The van der Waals surface area contributed by atoms with Crippen molar-refractivity contribution in [3.05, 3.63) is 46.5 Å². The molecule has 2 atom stereocenters. The molecule has 0 spiro atoms. The zero-order chi connectivity index (χ0) is 12.8. The van der Waals surface area contributed by atoms with Crippen LogP contribution in [-0.2, 0) is 0 Å². The van der Waals surface area contributed by atoms with E-state index in [-0.39, 0.29) is 0 Å². The molecule has 2 heteroatoms. The molecule has 1 aromatic rings. The van der Waals surface area contributed by atoms with Crippen LogP contribution in [0.15, 0.2) is 40.9 Å². The highest BCUT2D eigenvalue weighted by Gasteiger charge is 2.13. The standard InChI is InChI=1S/C16H22BrN/c1-2-16(14-9-6-10-15(17)11-14)18-12-13-7-4-3-5-8-13/h3-4,6,9-11,13,16,18H,2,5,7-8,12H2,1H3. The lowest BCUT2D eigenvalue weighted by Gasteiger charge is -2.23. The van der Waals surface area contributed by atoms with Gasteiger partial charge in [-0.3, -0.25) is 0 Å². The summed E-state index contributed by atoms with van der Waals surface area (Å²) >= 11 is 3.55. The van der Waals surface area contributed by atoms with E-state index in [1.807, 2.05) is 0 Å². The Hall–Kier alpha value is -0.600. The summed E-state index contributed by atoms with van der Waals surface area (Å²) in [5.74, 6) is 0.816. The average molecular weight is 308 g/mol. The van der Waals surface area contributed by atoms with E-state index in [4.69, 9.17) is 0 Å². The minimum absolute atomic E-state index is 0.480. The Labute approximate surface area is 119 Å². The van der Waals surface area contributed by atoms with Crippen molar-refractivity contribution in [2.75, 3.05) is 6.54 Å². The van der Waals surface area contributed by atoms with Crippen molar-refractivity contribution in [3.8, 4) is 0 Å². The number of nitrogens with one attached hydrogen (secondary N) is 1. The number of allylic oxidation sites excluding steroid dienone is 2. The van der Waals surface area contributed by atoms with Crippen molar-refractivity contribution in [3.63, 3.8) is 0 Å². The second-order valence-electron chi connectivity index (χ2n) is 5.07.